The average molecular weight is 369 g/mol. The summed E-state index contributed by atoms with van der Waals surface area (Å²) in [4.78, 5) is 11.9. The number of esters is 1. The minimum atomic E-state index is -3.60. The number of methoxy groups -OCH3 is 1. The van der Waals surface area contributed by atoms with E-state index in [2.05, 4.69) is 9.11 Å². The fourth-order valence-electron chi connectivity index (χ4n) is 2.37. The molecule has 2 aromatic rings. The Balaban J connectivity index is 1.85. The maximum absolute atomic E-state index is 11.9. The standard InChI is InChI=1S/C15H15NO6S2/c1-20-14(17)12-13(16-23-15(12)24(2,18)19)22-8-9-3-4-11-10(7-9)5-6-21-11/h3-4,7H,5-6,8H2,1-2H3. The summed E-state index contributed by atoms with van der Waals surface area (Å²) in [5.74, 6) is 0.0348. The minimum Gasteiger partial charge on any atom is -0.493 e. The highest BCUT2D eigenvalue weighted by Gasteiger charge is 2.29. The van der Waals surface area contributed by atoms with Crippen molar-refractivity contribution in [3.63, 3.8) is 0 Å². The molecular weight excluding hydrogens is 354 g/mol. The summed E-state index contributed by atoms with van der Waals surface area (Å²) in [5, 5.41) is 0. The third kappa shape index (κ3) is 3.22. The molecule has 1 aromatic heterocycles. The summed E-state index contributed by atoms with van der Waals surface area (Å²) in [5.41, 5.74) is 1.82. The summed E-state index contributed by atoms with van der Waals surface area (Å²) in [6.07, 6.45) is 1.85. The Kier molecular flexibility index (Phi) is 4.46. The number of hydrogen-bond acceptors (Lipinski definition) is 8. The molecule has 7 nitrogen and oxygen atoms in total. The van der Waals surface area contributed by atoms with Crippen molar-refractivity contribution in [2.45, 2.75) is 17.2 Å². The van der Waals surface area contributed by atoms with Gasteiger partial charge < -0.3 is 14.2 Å². The molecule has 0 spiro atoms. The number of carbonyl (C=O) groups is 1. The van der Waals surface area contributed by atoms with Crippen LogP contribution in [0.5, 0.6) is 11.6 Å². The van der Waals surface area contributed by atoms with Gasteiger partial charge in [0.15, 0.2) is 19.6 Å². The van der Waals surface area contributed by atoms with E-state index >= 15 is 0 Å². The second kappa shape index (κ2) is 6.40. The van der Waals surface area contributed by atoms with Gasteiger partial charge in [0.05, 0.1) is 13.7 Å². The van der Waals surface area contributed by atoms with Crippen molar-refractivity contribution >= 4 is 27.3 Å². The average Bonchev–Trinajstić information content (AvgIpc) is 3.17. The summed E-state index contributed by atoms with van der Waals surface area (Å²) in [6.45, 7) is 0.820. The van der Waals surface area contributed by atoms with Crippen LogP contribution in [0, 0.1) is 0 Å². The molecule has 3 rings (SSSR count). The van der Waals surface area contributed by atoms with E-state index in [4.69, 9.17) is 9.47 Å². The Hall–Kier alpha value is -2.13. The molecule has 0 N–H and O–H groups in total. The van der Waals surface area contributed by atoms with E-state index in [1.54, 1.807) is 0 Å². The van der Waals surface area contributed by atoms with Crippen molar-refractivity contribution in [3.05, 3.63) is 34.9 Å². The van der Waals surface area contributed by atoms with Crippen LogP contribution < -0.4 is 9.47 Å². The molecule has 2 heterocycles. The molecule has 0 aliphatic carbocycles. The number of sulfone groups is 1. The van der Waals surface area contributed by atoms with Crippen LogP contribution in [0.2, 0.25) is 0 Å². The van der Waals surface area contributed by atoms with Crippen LogP contribution in [-0.2, 0) is 27.6 Å². The van der Waals surface area contributed by atoms with Crippen LogP contribution >= 0.6 is 11.5 Å². The van der Waals surface area contributed by atoms with Crippen molar-refractivity contribution in [1.29, 1.82) is 0 Å². The number of hydrogen-bond donors (Lipinski definition) is 0. The van der Waals surface area contributed by atoms with Gasteiger partial charge in [-0.3, -0.25) is 0 Å². The molecule has 0 unspecified atom stereocenters. The molecule has 128 valence electrons. The van der Waals surface area contributed by atoms with Crippen LogP contribution in [0.3, 0.4) is 0 Å². The first-order valence-electron chi connectivity index (χ1n) is 7.05. The van der Waals surface area contributed by atoms with E-state index in [-0.39, 0.29) is 22.3 Å². The van der Waals surface area contributed by atoms with Gasteiger partial charge in [0.25, 0.3) is 0 Å². The Morgan fingerprint density at radius 2 is 2.21 bits per heavy atom. The predicted molar refractivity (Wildman–Crippen MR) is 86.5 cm³/mol. The lowest BCUT2D eigenvalue weighted by Gasteiger charge is -2.07. The van der Waals surface area contributed by atoms with Gasteiger partial charge in [-0.2, -0.15) is 4.37 Å². The number of fused-ring (bicyclic) bond motifs is 1. The van der Waals surface area contributed by atoms with Gasteiger partial charge in [-0.05, 0) is 34.8 Å². The van der Waals surface area contributed by atoms with Gasteiger partial charge in [-0.1, -0.05) is 6.07 Å². The second-order valence-corrected chi connectivity index (χ2v) is 8.23. The zero-order valence-corrected chi connectivity index (χ0v) is 14.7. The molecular formula is C15H15NO6S2. The number of aromatic nitrogens is 1. The van der Waals surface area contributed by atoms with Crippen LogP contribution in [0.25, 0.3) is 0 Å². The fourth-order valence-corrected chi connectivity index (χ4v) is 4.13. The topological polar surface area (TPSA) is 91.8 Å². The Bertz CT molecular complexity index is 887. The smallest absolute Gasteiger partial charge is 0.345 e. The highest BCUT2D eigenvalue weighted by Crippen LogP contribution is 2.31. The van der Waals surface area contributed by atoms with Crippen molar-refractivity contribution in [2.75, 3.05) is 20.0 Å². The van der Waals surface area contributed by atoms with Gasteiger partial charge >= 0.3 is 5.97 Å². The lowest BCUT2D eigenvalue weighted by atomic mass is 10.1. The SMILES string of the molecule is COC(=O)c1c(OCc2ccc3c(c2)CCO3)nsc1S(C)(=O)=O. The minimum absolute atomic E-state index is 0.0379. The van der Waals surface area contributed by atoms with Crippen LogP contribution in [0.15, 0.2) is 22.4 Å². The van der Waals surface area contributed by atoms with E-state index in [0.29, 0.717) is 18.1 Å². The molecule has 1 aliphatic heterocycles. The zero-order chi connectivity index (χ0) is 17.3. The molecule has 9 heteroatoms. The van der Waals surface area contributed by atoms with Gasteiger partial charge in [-0.15, -0.1) is 0 Å². The highest BCUT2D eigenvalue weighted by atomic mass is 32.2. The van der Waals surface area contributed by atoms with E-state index in [9.17, 15) is 13.2 Å². The third-order valence-electron chi connectivity index (χ3n) is 3.49. The van der Waals surface area contributed by atoms with E-state index in [1.807, 2.05) is 18.2 Å². The first-order valence-corrected chi connectivity index (χ1v) is 9.72. The van der Waals surface area contributed by atoms with Crippen LogP contribution in [0.4, 0.5) is 0 Å². The molecule has 0 atom stereocenters. The molecule has 0 bridgehead atoms. The predicted octanol–water partition coefficient (Wildman–Crippen LogP) is 1.85. The third-order valence-corrected chi connectivity index (χ3v) is 6.12. The first kappa shape index (κ1) is 16.7. The molecule has 0 amide bonds. The lowest BCUT2D eigenvalue weighted by molar-refractivity contribution is 0.0591. The largest absolute Gasteiger partial charge is 0.493 e. The van der Waals surface area contributed by atoms with Crippen LogP contribution in [0.1, 0.15) is 21.5 Å². The molecule has 1 aliphatic rings. The number of rotatable bonds is 5. The summed E-state index contributed by atoms with van der Waals surface area (Å²) in [6, 6.07) is 5.68. The molecule has 0 fully saturated rings. The van der Waals surface area contributed by atoms with E-state index in [1.165, 1.54) is 7.11 Å². The lowest BCUT2D eigenvalue weighted by Crippen LogP contribution is -2.09. The van der Waals surface area contributed by atoms with Crippen molar-refractivity contribution < 1.29 is 27.4 Å². The maximum Gasteiger partial charge on any atom is 0.345 e. The fraction of sp³-hybridized carbons (Fsp3) is 0.333. The van der Waals surface area contributed by atoms with E-state index < -0.39 is 15.8 Å². The highest BCUT2D eigenvalue weighted by molar-refractivity contribution is 7.92. The van der Waals surface area contributed by atoms with Gasteiger partial charge in [-0.25, -0.2) is 13.2 Å². The number of ether oxygens (including phenoxy) is 3. The molecule has 0 radical (unpaired) electrons. The molecule has 1 aromatic carbocycles. The monoisotopic (exact) mass is 369 g/mol. The quantitative estimate of drug-likeness (QED) is 0.743. The molecule has 0 saturated carbocycles. The normalized spacial score (nSPS) is 13.2. The summed E-state index contributed by atoms with van der Waals surface area (Å²) < 4.78 is 43.0. The molecule has 24 heavy (non-hydrogen) atoms. The van der Waals surface area contributed by atoms with Crippen molar-refractivity contribution in [2.24, 2.45) is 0 Å². The number of nitrogens with zero attached hydrogens (tertiary/aromatic N) is 1. The van der Waals surface area contributed by atoms with Gasteiger partial charge in [0.1, 0.15) is 12.4 Å². The van der Waals surface area contributed by atoms with Crippen LogP contribution in [-0.4, -0.2) is 38.7 Å². The first-order chi connectivity index (χ1) is 11.4. The van der Waals surface area contributed by atoms with E-state index in [0.717, 1.165) is 29.6 Å². The number of carbonyl (C=O) groups excluding carboxylic acids is 1. The summed E-state index contributed by atoms with van der Waals surface area (Å²) in [7, 11) is -2.42. The van der Waals surface area contributed by atoms with Gasteiger partial charge in [0.2, 0.25) is 5.88 Å². The Labute approximate surface area is 143 Å². The number of benzene rings is 1. The van der Waals surface area contributed by atoms with Crippen molar-refractivity contribution in [1.82, 2.24) is 4.37 Å². The molecule has 0 saturated heterocycles. The summed E-state index contributed by atoms with van der Waals surface area (Å²) >= 11 is 0.698. The zero-order valence-electron chi connectivity index (χ0n) is 13.1. The second-order valence-electron chi connectivity index (χ2n) is 5.24. The maximum atomic E-state index is 11.9. The Morgan fingerprint density at radius 1 is 1.42 bits per heavy atom. The van der Waals surface area contributed by atoms with Gasteiger partial charge in [0, 0.05) is 12.7 Å². The van der Waals surface area contributed by atoms with Crippen molar-refractivity contribution in [3.8, 4) is 11.6 Å². The Morgan fingerprint density at radius 3 is 2.92 bits per heavy atom.